The highest BCUT2D eigenvalue weighted by Crippen LogP contribution is 2.39. The van der Waals surface area contributed by atoms with Crippen LogP contribution in [0.3, 0.4) is 0 Å². The molecule has 0 unspecified atom stereocenters. The van der Waals surface area contributed by atoms with Gasteiger partial charge in [-0.3, -0.25) is 4.57 Å². The number of aromatic nitrogens is 8. The summed E-state index contributed by atoms with van der Waals surface area (Å²) < 4.78 is 7.66. The predicted molar refractivity (Wildman–Crippen MR) is 159 cm³/mol. The van der Waals surface area contributed by atoms with Gasteiger partial charge in [-0.25, -0.2) is 4.98 Å². The normalized spacial score (nSPS) is 25.2. The number of nitrogens with one attached hydrogen (secondary N) is 2. The van der Waals surface area contributed by atoms with Gasteiger partial charge in [0.25, 0.3) is 0 Å². The summed E-state index contributed by atoms with van der Waals surface area (Å²) in [7, 11) is 1.61. The number of tetrazole rings is 1. The van der Waals surface area contributed by atoms with Crippen molar-refractivity contribution in [1.29, 1.82) is 0 Å². The summed E-state index contributed by atoms with van der Waals surface area (Å²) in [5, 5.41) is 51.1. The molecule has 1 aliphatic heterocycles. The average Bonchev–Trinajstić information content (AvgIpc) is 3.83. The number of rotatable bonds is 9. The van der Waals surface area contributed by atoms with Crippen molar-refractivity contribution in [1.82, 2.24) is 39.7 Å². The van der Waals surface area contributed by atoms with Crippen LogP contribution in [-0.2, 0) is 11.8 Å². The van der Waals surface area contributed by atoms with Crippen molar-refractivity contribution in [2.75, 3.05) is 17.2 Å². The number of fused-ring (bicyclic) bond motifs is 1. The van der Waals surface area contributed by atoms with Crippen LogP contribution in [0.15, 0.2) is 67.0 Å². The minimum atomic E-state index is -1.32. The quantitative estimate of drug-likeness (QED) is 0.167. The number of imidazole rings is 1. The van der Waals surface area contributed by atoms with Crippen molar-refractivity contribution in [2.24, 2.45) is 7.05 Å². The molecule has 6 atom stereocenters. The molecule has 14 heteroatoms. The number of benzene rings is 2. The van der Waals surface area contributed by atoms with E-state index in [-0.39, 0.29) is 17.8 Å². The van der Waals surface area contributed by atoms with Crippen molar-refractivity contribution < 1.29 is 20.1 Å². The van der Waals surface area contributed by atoms with Crippen LogP contribution in [0.5, 0.6) is 0 Å². The maximum Gasteiger partial charge on any atom is 0.227 e. The van der Waals surface area contributed by atoms with Gasteiger partial charge in [0, 0.05) is 12.5 Å². The highest BCUT2D eigenvalue weighted by atomic mass is 16.6. The number of hydrogen-bond acceptors (Lipinski definition) is 12. The van der Waals surface area contributed by atoms with Crippen molar-refractivity contribution in [3.8, 4) is 0 Å². The second-order valence-corrected chi connectivity index (χ2v) is 11.3. The fourth-order valence-electron chi connectivity index (χ4n) is 6.08. The molecule has 1 saturated heterocycles. The minimum Gasteiger partial charge on any atom is -0.391 e. The zero-order valence-electron chi connectivity index (χ0n) is 24.0. The summed E-state index contributed by atoms with van der Waals surface area (Å²) in [6.45, 7) is 0.514. The Bertz CT molecular complexity index is 1680. The third kappa shape index (κ3) is 5.36. The van der Waals surface area contributed by atoms with E-state index in [4.69, 9.17) is 14.7 Å². The van der Waals surface area contributed by atoms with Gasteiger partial charge in [0.1, 0.15) is 12.2 Å². The molecule has 0 amide bonds. The molecule has 7 rings (SSSR count). The fraction of sp³-hybridized carbons (Fsp3) is 0.400. The topological polar surface area (TPSA) is 181 Å². The van der Waals surface area contributed by atoms with Crippen molar-refractivity contribution in [3.05, 3.63) is 83.9 Å². The van der Waals surface area contributed by atoms with Crippen LogP contribution in [0.1, 0.15) is 54.5 Å². The monoisotopic (exact) mass is 598 g/mol. The Morgan fingerprint density at radius 2 is 1.68 bits per heavy atom. The first kappa shape index (κ1) is 28.3. The third-order valence-corrected chi connectivity index (χ3v) is 8.38. The van der Waals surface area contributed by atoms with Crippen LogP contribution in [0.25, 0.3) is 11.2 Å². The van der Waals surface area contributed by atoms with Crippen molar-refractivity contribution in [3.63, 3.8) is 0 Å². The summed E-state index contributed by atoms with van der Waals surface area (Å²) in [4.78, 5) is 15.4. The minimum absolute atomic E-state index is 0.0212. The van der Waals surface area contributed by atoms with Gasteiger partial charge in [0.2, 0.25) is 11.8 Å². The lowest BCUT2D eigenvalue weighted by Crippen LogP contribution is -2.30. The molecular formula is C30H34N10O4. The average molecular weight is 599 g/mol. The van der Waals surface area contributed by atoms with Crippen LogP contribution in [0, 0.1) is 0 Å². The maximum atomic E-state index is 11.0. The first-order chi connectivity index (χ1) is 21.5. The Morgan fingerprint density at radius 1 is 0.955 bits per heavy atom. The van der Waals surface area contributed by atoms with Crippen LogP contribution in [0.4, 0.5) is 11.8 Å². The summed E-state index contributed by atoms with van der Waals surface area (Å²) in [5.74, 6) is 0.978. The van der Waals surface area contributed by atoms with Gasteiger partial charge in [-0.15, -0.1) is 10.2 Å². The third-order valence-electron chi connectivity index (χ3n) is 8.38. The van der Waals surface area contributed by atoms with E-state index in [1.54, 1.807) is 11.6 Å². The van der Waals surface area contributed by atoms with E-state index in [1.807, 2.05) is 36.4 Å². The van der Waals surface area contributed by atoms with Crippen LogP contribution in [0.2, 0.25) is 0 Å². The van der Waals surface area contributed by atoms with Gasteiger partial charge in [0.15, 0.2) is 29.3 Å². The summed E-state index contributed by atoms with van der Waals surface area (Å²) in [6.07, 6.45) is -1.25. The standard InChI is InChI=1S/C30H34N10O4/c1-39-37-27(36-38-39)25-23(42)24(43)29(44-25)40-16-32-22-26(34-30(35-28(22)40)33-20-13-8-14-21(20)41)31-15-19(17-9-4-2-5-10-17)18-11-6-3-7-12-18/h2-7,9-12,16,19-21,23-25,29,41-43H,8,13-15H2,1H3,(H2,31,33,34,35)/t20-,21-,23+,24-,25+,29-/m1/s1. The zero-order valence-corrected chi connectivity index (χ0v) is 24.0. The van der Waals surface area contributed by atoms with E-state index >= 15 is 0 Å². The van der Waals surface area contributed by atoms with E-state index in [1.165, 1.54) is 11.1 Å². The van der Waals surface area contributed by atoms with Gasteiger partial charge >= 0.3 is 0 Å². The van der Waals surface area contributed by atoms with E-state index < -0.39 is 30.6 Å². The first-order valence-electron chi connectivity index (χ1n) is 14.7. The van der Waals surface area contributed by atoms with Gasteiger partial charge < -0.3 is 30.7 Å². The number of ether oxygens (including phenoxy) is 1. The highest BCUT2D eigenvalue weighted by Gasteiger charge is 2.47. The SMILES string of the molecule is Cn1nnc([C@H]2O[C@@H](n3cnc4c(NCC(c5ccccc5)c5ccccc5)nc(N[C@@H]5CCC[C@H]5O)nc43)[C@H](O)[C@@H]2O)n1. The molecular weight excluding hydrogens is 564 g/mol. The number of aliphatic hydroxyl groups excluding tert-OH is 3. The molecule has 228 valence electrons. The van der Waals surface area contributed by atoms with Crippen LogP contribution in [-0.4, -0.2) is 85.9 Å². The molecule has 0 spiro atoms. The highest BCUT2D eigenvalue weighted by molar-refractivity contribution is 5.84. The number of anilines is 2. The number of nitrogens with zero attached hydrogens (tertiary/aromatic N) is 8. The largest absolute Gasteiger partial charge is 0.391 e. The lowest BCUT2D eigenvalue weighted by Gasteiger charge is -2.21. The van der Waals surface area contributed by atoms with E-state index in [0.717, 1.165) is 24.0 Å². The Balaban J connectivity index is 1.24. The number of hydrogen-bond donors (Lipinski definition) is 5. The lowest BCUT2D eigenvalue weighted by atomic mass is 9.91. The van der Waals surface area contributed by atoms with Gasteiger partial charge in [0.05, 0.1) is 25.5 Å². The second kappa shape index (κ2) is 11.9. The summed E-state index contributed by atoms with van der Waals surface area (Å²) >= 11 is 0. The molecule has 2 fully saturated rings. The van der Waals surface area contributed by atoms with E-state index in [2.05, 4.69) is 55.3 Å². The molecule has 1 aliphatic carbocycles. The Morgan fingerprint density at radius 3 is 2.32 bits per heavy atom. The van der Waals surface area contributed by atoms with Gasteiger partial charge in [-0.05, 0) is 35.6 Å². The van der Waals surface area contributed by atoms with Gasteiger partial charge in [-0.2, -0.15) is 14.8 Å². The smallest absolute Gasteiger partial charge is 0.227 e. The predicted octanol–water partition coefficient (Wildman–Crippen LogP) is 1.91. The van der Waals surface area contributed by atoms with Gasteiger partial charge in [-0.1, -0.05) is 60.7 Å². The fourth-order valence-corrected chi connectivity index (χ4v) is 6.08. The zero-order chi connectivity index (χ0) is 30.2. The second-order valence-electron chi connectivity index (χ2n) is 11.3. The number of aliphatic hydroxyl groups is 3. The summed E-state index contributed by atoms with van der Waals surface area (Å²) in [6, 6.07) is 20.3. The molecule has 1 saturated carbocycles. The molecule has 3 aromatic heterocycles. The van der Waals surface area contributed by atoms with E-state index in [0.29, 0.717) is 35.9 Å². The van der Waals surface area contributed by atoms with Crippen LogP contribution >= 0.6 is 0 Å². The Labute approximate surface area is 252 Å². The molecule has 2 aliphatic rings. The Hall–Kier alpha value is -4.50. The molecule has 5 N–H and O–H groups in total. The molecule has 5 aromatic rings. The first-order valence-corrected chi connectivity index (χ1v) is 14.7. The van der Waals surface area contributed by atoms with Crippen molar-refractivity contribution in [2.45, 2.75) is 61.9 Å². The molecule has 0 radical (unpaired) electrons. The lowest BCUT2D eigenvalue weighted by molar-refractivity contribution is -0.0384. The van der Waals surface area contributed by atoms with Crippen molar-refractivity contribution >= 4 is 22.9 Å². The summed E-state index contributed by atoms with van der Waals surface area (Å²) in [5.41, 5.74) is 3.15. The molecule has 4 heterocycles. The molecule has 2 aromatic carbocycles. The molecule has 14 nitrogen and oxygen atoms in total. The molecule has 0 bridgehead atoms. The van der Waals surface area contributed by atoms with E-state index in [9.17, 15) is 15.3 Å². The molecule has 44 heavy (non-hydrogen) atoms. The number of aryl methyl sites for hydroxylation is 1. The Kier molecular flexibility index (Phi) is 7.64. The van der Waals surface area contributed by atoms with Crippen LogP contribution < -0.4 is 10.6 Å². The maximum absolute atomic E-state index is 11.0.